The Balaban J connectivity index is 1.16. The number of aryl methyl sites for hydroxylation is 1. The van der Waals surface area contributed by atoms with Crippen LogP contribution in [0, 0.1) is 10.1 Å². The average molecular weight is 682 g/mol. The number of carbonyl (C=O) groups excluding carboxylic acids is 2. The van der Waals surface area contributed by atoms with Crippen molar-refractivity contribution in [3.05, 3.63) is 80.9 Å². The van der Waals surface area contributed by atoms with Crippen LogP contribution in [0.2, 0.25) is 5.15 Å². The van der Waals surface area contributed by atoms with E-state index in [9.17, 15) is 19.7 Å². The summed E-state index contributed by atoms with van der Waals surface area (Å²) in [6.45, 7) is 3.55. The number of unbranched alkanes of at least 4 members (excludes halogenated alkanes) is 1. The van der Waals surface area contributed by atoms with E-state index in [1.54, 1.807) is 4.57 Å². The molecule has 0 bridgehead atoms. The normalized spacial score (nSPS) is 20.6. The van der Waals surface area contributed by atoms with Gasteiger partial charge in [0.05, 0.1) is 13.2 Å². The van der Waals surface area contributed by atoms with Crippen LogP contribution in [0.1, 0.15) is 48.6 Å². The van der Waals surface area contributed by atoms with Crippen molar-refractivity contribution in [2.75, 3.05) is 13.2 Å². The molecule has 4 heterocycles. The molecule has 2 aromatic carbocycles. The monoisotopic (exact) mass is 681 g/mol. The van der Waals surface area contributed by atoms with Gasteiger partial charge in [-0.25, -0.2) is 19.7 Å². The fraction of sp³-hybridized carbons (Fsp3) is 0.419. The van der Waals surface area contributed by atoms with Gasteiger partial charge in [0.25, 0.3) is 5.09 Å². The molecule has 2 fully saturated rings. The van der Waals surface area contributed by atoms with Gasteiger partial charge in [-0.05, 0) is 40.5 Å². The number of nitrogens with one attached hydrogen (secondary N) is 1. The minimum atomic E-state index is -1.32. The van der Waals surface area contributed by atoms with Gasteiger partial charge < -0.3 is 28.4 Å². The second kappa shape index (κ2) is 14.5. The van der Waals surface area contributed by atoms with Crippen LogP contribution < -0.4 is 0 Å². The molecule has 16 nitrogen and oxygen atoms in total. The minimum absolute atomic E-state index is 0.0119. The van der Waals surface area contributed by atoms with Gasteiger partial charge in [-0.1, -0.05) is 73.5 Å². The van der Waals surface area contributed by atoms with Gasteiger partial charge >= 0.3 is 11.9 Å². The van der Waals surface area contributed by atoms with Gasteiger partial charge in [0.2, 0.25) is 0 Å². The highest BCUT2D eigenvalue weighted by Gasteiger charge is 2.51. The van der Waals surface area contributed by atoms with E-state index in [0.717, 1.165) is 35.1 Å². The minimum Gasteiger partial charge on any atom is -0.454 e. The lowest BCUT2D eigenvalue weighted by Gasteiger charge is -2.20. The number of esters is 2. The molecular formula is C31H32ClN7O9. The van der Waals surface area contributed by atoms with Crippen molar-refractivity contribution in [1.29, 1.82) is 0 Å². The third kappa shape index (κ3) is 7.00. The first-order valence-electron chi connectivity index (χ1n) is 15.4. The highest BCUT2D eigenvalue weighted by molar-refractivity contribution is 6.32. The summed E-state index contributed by atoms with van der Waals surface area (Å²) in [6, 6.07) is 15.6. The number of carbonyl (C=O) groups is 2. The van der Waals surface area contributed by atoms with Crippen molar-refractivity contribution in [3.63, 3.8) is 0 Å². The summed E-state index contributed by atoms with van der Waals surface area (Å²) in [5, 5.41) is 24.0. The van der Waals surface area contributed by atoms with Crippen LogP contribution in [0.15, 0.2) is 48.5 Å². The fourth-order valence-corrected chi connectivity index (χ4v) is 6.06. The number of aromatic amines is 1. The maximum atomic E-state index is 13.5. The summed E-state index contributed by atoms with van der Waals surface area (Å²) in [5.74, 6) is -0.531. The van der Waals surface area contributed by atoms with Crippen molar-refractivity contribution in [3.8, 4) is 22.5 Å². The predicted octanol–water partition coefficient (Wildman–Crippen LogP) is 3.61. The number of ether oxygens (including phenoxy) is 4. The number of halogens is 1. The van der Waals surface area contributed by atoms with E-state index in [2.05, 4.69) is 30.4 Å². The summed E-state index contributed by atoms with van der Waals surface area (Å²) in [4.78, 5) is 46.3. The molecule has 17 heteroatoms. The highest BCUT2D eigenvalue weighted by atomic mass is 35.5. The molecule has 1 N–H and O–H groups in total. The molecule has 4 aromatic rings. The summed E-state index contributed by atoms with van der Waals surface area (Å²) in [7, 11) is 0. The predicted molar refractivity (Wildman–Crippen MR) is 166 cm³/mol. The molecule has 2 aliphatic heterocycles. The maximum Gasteiger partial charge on any atom is 0.359 e. The Hall–Kier alpha value is -4.93. The Morgan fingerprint density at radius 2 is 1.81 bits per heavy atom. The topological polar surface area (TPSA) is 196 Å². The molecule has 6 rings (SSSR count). The van der Waals surface area contributed by atoms with Crippen LogP contribution in [0.25, 0.3) is 22.5 Å². The van der Waals surface area contributed by atoms with E-state index in [-0.39, 0.29) is 30.6 Å². The third-order valence-corrected chi connectivity index (χ3v) is 8.42. The molecule has 0 aliphatic carbocycles. The van der Waals surface area contributed by atoms with Crippen LogP contribution in [0.3, 0.4) is 0 Å². The van der Waals surface area contributed by atoms with E-state index < -0.39 is 47.5 Å². The summed E-state index contributed by atoms with van der Waals surface area (Å²) < 4.78 is 23.8. The van der Waals surface area contributed by atoms with Crippen LogP contribution >= 0.6 is 11.6 Å². The summed E-state index contributed by atoms with van der Waals surface area (Å²) >= 11 is 6.51. The molecule has 252 valence electrons. The van der Waals surface area contributed by atoms with Gasteiger partial charge in [0.15, 0.2) is 35.0 Å². The van der Waals surface area contributed by atoms with Gasteiger partial charge in [-0.2, -0.15) is 0 Å². The molecule has 0 unspecified atom stereocenters. The summed E-state index contributed by atoms with van der Waals surface area (Å²) in [6.07, 6.45) is -2.34. The van der Waals surface area contributed by atoms with Gasteiger partial charge in [0, 0.05) is 18.5 Å². The number of benzene rings is 2. The van der Waals surface area contributed by atoms with Crippen LogP contribution in [-0.2, 0) is 41.5 Å². The number of tetrazole rings is 1. The van der Waals surface area contributed by atoms with Crippen LogP contribution in [0.4, 0.5) is 0 Å². The van der Waals surface area contributed by atoms with Crippen molar-refractivity contribution in [2.24, 2.45) is 0 Å². The van der Waals surface area contributed by atoms with Crippen molar-refractivity contribution >= 4 is 23.5 Å². The van der Waals surface area contributed by atoms with E-state index in [4.69, 9.17) is 30.5 Å². The largest absolute Gasteiger partial charge is 0.454 e. The molecule has 2 aliphatic rings. The number of nitrogens with zero attached hydrogens (tertiary/aromatic N) is 6. The zero-order valence-electron chi connectivity index (χ0n) is 26.0. The molecule has 0 radical (unpaired) electrons. The number of imidazole rings is 1. The Labute approximate surface area is 278 Å². The summed E-state index contributed by atoms with van der Waals surface area (Å²) in [5.41, 5.74) is 3.61. The molecule has 0 amide bonds. The SMILES string of the molecule is CCCCc1nc(Cl)c(C(=O)O[C@@H](C)C(=O)O[C@H]2CO[C@H]3[C@@H]2OC[C@H]3O[N+](=O)[O-])n1Cc1ccc(-c2ccccc2-c2nnn[nH]2)cc1. The first-order valence-corrected chi connectivity index (χ1v) is 15.7. The highest BCUT2D eigenvalue weighted by Crippen LogP contribution is 2.32. The molecule has 5 atom stereocenters. The van der Waals surface area contributed by atoms with E-state index in [1.165, 1.54) is 6.92 Å². The van der Waals surface area contributed by atoms with Crippen LogP contribution in [0.5, 0.6) is 0 Å². The lowest BCUT2D eigenvalue weighted by Crippen LogP contribution is -2.38. The Morgan fingerprint density at radius 3 is 2.50 bits per heavy atom. The van der Waals surface area contributed by atoms with Gasteiger partial charge in [-0.15, -0.1) is 15.2 Å². The van der Waals surface area contributed by atoms with E-state index in [0.29, 0.717) is 18.1 Å². The van der Waals surface area contributed by atoms with Crippen molar-refractivity contribution < 1.29 is 38.5 Å². The Bertz CT molecular complexity index is 1770. The maximum absolute atomic E-state index is 13.5. The van der Waals surface area contributed by atoms with E-state index in [1.807, 2.05) is 55.5 Å². The lowest BCUT2D eigenvalue weighted by molar-refractivity contribution is -0.769. The molecule has 0 spiro atoms. The number of hydrogen-bond acceptors (Lipinski definition) is 13. The number of H-pyrrole nitrogens is 1. The first kappa shape index (κ1) is 33.0. The second-order valence-corrected chi connectivity index (χ2v) is 11.7. The second-order valence-electron chi connectivity index (χ2n) is 11.3. The zero-order valence-corrected chi connectivity index (χ0v) is 26.7. The third-order valence-electron chi connectivity index (χ3n) is 8.15. The zero-order chi connectivity index (χ0) is 33.8. The number of rotatable bonds is 13. The fourth-order valence-electron chi connectivity index (χ4n) is 5.78. The lowest BCUT2D eigenvalue weighted by atomic mass is 9.98. The average Bonchev–Trinajstić information content (AvgIpc) is 3.87. The molecule has 2 saturated heterocycles. The number of fused-ring (bicyclic) bond motifs is 1. The van der Waals surface area contributed by atoms with Crippen molar-refractivity contribution in [1.82, 2.24) is 30.2 Å². The quantitative estimate of drug-likeness (QED) is 0.122. The number of aromatic nitrogens is 6. The van der Waals surface area contributed by atoms with Gasteiger partial charge in [-0.3, -0.25) is 0 Å². The van der Waals surface area contributed by atoms with E-state index >= 15 is 0 Å². The molecular weight excluding hydrogens is 650 g/mol. The Kier molecular flexibility index (Phi) is 9.93. The molecule has 2 aromatic heterocycles. The Morgan fingerprint density at radius 1 is 1.10 bits per heavy atom. The molecule has 48 heavy (non-hydrogen) atoms. The first-order chi connectivity index (χ1) is 23.2. The molecule has 0 saturated carbocycles. The standard InChI is InChI=1S/C31H32ClN7O9/c1-3-4-9-24-33-28(32)25(31(41)46-17(2)30(40)47-22-15-44-27-23(48-39(42)43)16-45-26(22)27)38(24)14-18-10-12-19(13-11-18)20-7-5-6-8-21(20)29-34-36-37-35-29/h5-8,10-13,17,22-23,26-27H,3-4,9,14-16H2,1-2H3,(H,34,35,36,37)/t17-,22-,23+,26+,27+/m0/s1. The smallest absolute Gasteiger partial charge is 0.359 e. The van der Waals surface area contributed by atoms with Gasteiger partial charge in [0.1, 0.15) is 18.0 Å². The van der Waals surface area contributed by atoms with Crippen LogP contribution in [-0.4, -0.2) is 90.9 Å². The number of hydrogen-bond donors (Lipinski definition) is 1. The van der Waals surface area contributed by atoms with Crippen molar-refractivity contribution in [2.45, 2.75) is 70.2 Å².